The van der Waals surface area contributed by atoms with Crippen LogP contribution in [0.3, 0.4) is 0 Å². The Hall–Kier alpha value is -3.73. The summed E-state index contributed by atoms with van der Waals surface area (Å²) in [5.41, 5.74) is 3.99. The van der Waals surface area contributed by atoms with Crippen molar-refractivity contribution in [2.24, 2.45) is 0 Å². The highest BCUT2D eigenvalue weighted by molar-refractivity contribution is 5.94. The third-order valence-corrected chi connectivity index (χ3v) is 5.18. The van der Waals surface area contributed by atoms with Gasteiger partial charge in [-0.1, -0.05) is 36.4 Å². The molecule has 1 unspecified atom stereocenters. The predicted octanol–water partition coefficient (Wildman–Crippen LogP) is 4.06. The maximum absolute atomic E-state index is 13.7. The highest BCUT2D eigenvalue weighted by atomic mass is 19.4. The second-order valence-electron chi connectivity index (χ2n) is 7.81. The predicted molar refractivity (Wildman–Crippen MR) is 117 cm³/mol. The van der Waals surface area contributed by atoms with E-state index in [1.807, 2.05) is 22.9 Å². The number of carbonyl (C=O) groups is 2. The summed E-state index contributed by atoms with van der Waals surface area (Å²) in [5, 5.41) is 14.6. The summed E-state index contributed by atoms with van der Waals surface area (Å²) in [7, 11) is 0. The summed E-state index contributed by atoms with van der Waals surface area (Å²) in [5.74, 6) is -3.46. The molecule has 1 amide bonds. The van der Waals surface area contributed by atoms with Crippen LogP contribution in [0.5, 0.6) is 0 Å². The summed E-state index contributed by atoms with van der Waals surface area (Å²) in [6.07, 6.45) is -2.53. The third-order valence-electron chi connectivity index (χ3n) is 5.18. The fourth-order valence-corrected chi connectivity index (χ4v) is 3.36. The van der Waals surface area contributed by atoms with Gasteiger partial charge in [0.05, 0.1) is 18.8 Å². The van der Waals surface area contributed by atoms with E-state index >= 15 is 0 Å². The highest BCUT2D eigenvalue weighted by Gasteiger charge is 2.38. The Morgan fingerprint density at radius 1 is 1.20 bits per heavy atom. The van der Waals surface area contributed by atoms with Crippen LogP contribution in [0.4, 0.5) is 17.6 Å². The molecule has 2 aromatic carbocycles. The zero-order valence-electron chi connectivity index (χ0n) is 18.7. The molecule has 2 N–H and O–H groups in total. The van der Waals surface area contributed by atoms with Crippen LogP contribution in [0.1, 0.15) is 38.8 Å². The first kappa shape index (κ1) is 25.9. The molecule has 11 heteroatoms. The summed E-state index contributed by atoms with van der Waals surface area (Å²) in [4.78, 5) is 21.2. The summed E-state index contributed by atoms with van der Waals surface area (Å²) in [6, 6.07) is 14.6. The molecule has 0 aliphatic carbocycles. The molecule has 0 fully saturated rings. The van der Waals surface area contributed by atoms with Crippen LogP contribution in [-0.2, 0) is 22.5 Å². The van der Waals surface area contributed by atoms with Crippen LogP contribution in [0.15, 0.2) is 54.7 Å². The first-order chi connectivity index (χ1) is 16.5. The maximum Gasteiger partial charge on any atom is 0.490 e. The van der Waals surface area contributed by atoms with Crippen LogP contribution < -0.4 is 5.32 Å². The van der Waals surface area contributed by atoms with Crippen molar-refractivity contribution in [1.29, 1.82) is 0 Å². The number of halogens is 4. The molecule has 4 rings (SSSR count). The van der Waals surface area contributed by atoms with E-state index in [-0.39, 0.29) is 17.8 Å². The molecule has 3 aromatic rings. The second-order valence-corrected chi connectivity index (χ2v) is 7.81. The van der Waals surface area contributed by atoms with Crippen LogP contribution in [0.2, 0.25) is 0 Å². The average molecular weight is 493 g/mol. The SMILES string of the molecule is Cc1ccc(C(=O)NCC2OCCc3cn(Cc4ccccc4)nc32)cc1F.O=C(O)C(F)(F)F. The largest absolute Gasteiger partial charge is 0.490 e. The summed E-state index contributed by atoms with van der Waals surface area (Å²) < 4.78 is 53.2. The number of aliphatic carboxylic acids is 1. The lowest BCUT2D eigenvalue weighted by atomic mass is 10.1. The number of amides is 1. The van der Waals surface area contributed by atoms with Gasteiger partial charge in [0.2, 0.25) is 0 Å². The molecule has 2 heterocycles. The molecule has 35 heavy (non-hydrogen) atoms. The van der Waals surface area contributed by atoms with Gasteiger partial charge in [0.1, 0.15) is 11.9 Å². The molecule has 1 aliphatic rings. The van der Waals surface area contributed by atoms with Crippen molar-refractivity contribution in [3.8, 4) is 0 Å². The van der Waals surface area contributed by atoms with Crippen LogP contribution in [0.25, 0.3) is 0 Å². The summed E-state index contributed by atoms with van der Waals surface area (Å²) in [6.45, 7) is 3.24. The van der Waals surface area contributed by atoms with Crippen molar-refractivity contribution < 1.29 is 37.0 Å². The first-order valence-electron chi connectivity index (χ1n) is 10.6. The summed E-state index contributed by atoms with van der Waals surface area (Å²) >= 11 is 0. The quantitative estimate of drug-likeness (QED) is 0.523. The number of hydrogen-bond donors (Lipinski definition) is 2. The monoisotopic (exact) mass is 493 g/mol. The molecular weight excluding hydrogens is 470 g/mol. The molecule has 0 spiro atoms. The van der Waals surface area contributed by atoms with Gasteiger partial charge in [-0.2, -0.15) is 18.3 Å². The zero-order chi connectivity index (χ0) is 25.6. The molecule has 0 saturated heterocycles. The van der Waals surface area contributed by atoms with Crippen molar-refractivity contribution in [3.63, 3.8) is 0 Å². The van der Waals surface area contributed by atoms with E-state index in [1.165, 1.54) is 11.6 Å². The van der Waals surface area contributed by atoms with E-state index in [0.717, 1.165) is 17.7 Å². The third kappa shape index (κ3) is 7.12. The maximum atomic E-state index is 13.7. The molecular formula is C24H23F4N3O4. The number of carboxylic acid groups (broad SMARTS) is 1. The lowest BCUT2D eigenvalue weighted by Gasteiger charge is -2.22. The molecule has 1 aliphatic heterocycles. The van der Waals surface area contributed by atoms with Crippen molar-refractivity contribution in [3.05, 3.63) is 88.5 Å². The normalized spacial score (nSPS) is 14.9. The molecule has 0 bridgehead atoms. The minimum Gasteiger partial charge on any atom is -0.475 e. The van der Waals surface area contributed by atoms with Crippen LogP contribution >= 0.6 is 0 Å². The number of fused-ring (bicyclic) bond motifs is 1. The van der Waals surface area contributed by atoms with E-state index in [2.05, 4.69) is 28.7 Å². The Bertz CT molecular complexity index is 1180. The number of rotatable bonds is 5. The fraction of sp³-hybridized carbons (Fsp3) is 0.292. The number of nitrogens with one attached hydrogen (secondary N) is 1. The first-order valence-corrected chi connectivity index (χ1v) is 10.6. The van der Waals surface area contributed by atoms with Gasteiger partial charge in [0, 0.05) is 18.3 Å². The van der Waals surface area contributed by atoms with E-state index in [4.69, 9.17) is 14.6 Å². The van der Waals surface area contributed by atoms with E-state index in [1.54, 1.807) is 19.1 Å². The van der Waals surface area contributed by atoms with Crippen molar-refractivity contribution in [2.45, 2.75) is 32.2 Å². The average Bonchev–Trinajstić information content (AvgIpc) is 3.22. The van der Waals surface area contributed by atoms with E-state index in [0.29, 0.717) is 30.8 Å². The van der Waals surface area contributed by atoms with E-state index in [9.17, 15) is 22.4 Å². The molecule has 0 radical (unpaired) electrons. The number of aromatic nitrogens is 2. The Kier molecular flexibility index (Phi) is 8.23. The molecule has 1 aromatic heterocycles. The zero-order valence-corrected chi connectivity index (χ0v) is 18.7. The van der Waals surface area contributed by atoms with Gasteiger partial charge in [-0.3, -0.25) is 9.48 Å². The Morgan fingerprint density at radius 3 is 2.51 bits per heavy atom. The van der Waals surface area contributed by atoms with Crippen LogP contribution in [0, 0.1) is 12.7 Å². The lowest BCUT2D eigenvalue weighted by Crippen LogP contribution is -2.32. The number of carbonyl (C=O) groups excluding carboxylic acids is 1. The van der Waals surface area contributed by atoms with Gasteiger partial charge in [-0.05, 0) is 42.2 Å². The smallest absolute Gasteiger partial charge is 0.475 e. The highest BCUT2D eigenvalue weighted by Crippen LogP contribution is 2.25. The number of aryl methyl sites for hydroxylation is 1. The standard InChI is InChI=1S/C22H22FN3O2.C2HF3O2/c1-15-7-8-17(11-19(15)23)22(27)24-12-20-21-18(9-10-28-20)14-26(25-21)13-16-5-3-2-4-6-16;3-2(4,5)1(6)7/h2-8,11,14,20H,9-10,12-13H2,1H3,(H,24,27);(H,6,7). The molecule has 1 atom stereocenters. The van der Waals surface area contributed by atoms with Gasteiger partial charge < -0.3 is 15.2 Å². The minimum atomic E-state index is -5.08. The topological polar surface area (TPSA) is 93.5 Å². The number of hydrogen-bond acceptors (Lipinski definition) is 4. The van der Waals surface area contributed by atoms with Gasteiger partial charge in [-0.15, -0.1) is 0 Å². The van der Waals surface area contributed by atoms with Gasteiger partial charge in [-0.25, -0.2) is 9.18 Å². The minimum absolute atomic E-state index is 0.295. The van der Waals surface area contributed by atoms with Crippen molar-refractivity contribution in [2.75, 3.05) is 13.2 Å². The number of nitrogens with zero attached hydrogens (tertiary/aromatic N) is 2. The number of ether oxygens (including phenoxy) is 1. The van der Waals surface area contributed by atoms with E-state index < -0.39 is 12.1 Å². The van der Waals surface area contributed by atoms with Crippen molar-refractivity contribution >= 4 is 11.9 Å². The Labute approximate surface area is 198 Å². The van der Waals surface area contributed by atoms with Crippen LogP contribution in [-0.4, -0.2) is 46.1 Å². The number of benzene rings is 2. The van der Waals surface area contributed by atoms with Gasteiger partial charge in [0.15, 0.2) is 0 Å². The number of carboxylic acids is 1. The van der Waals surface area contributed by atoms with Gasteiger partial charge >= 0.3 is 12.1 Å². The van der Waals surface area contributed by atoms with Crippen molar-refractivity contribution in [1.82, 2.24) is 15.1 Å². The Balaban J connectivity index is 0.000000429. The molecule has 186 valence electrons. The molecule has 0 saturated carbocycles. The second kappa shape index (κ2) is 11.1. The fourth-order valence-electron chi connectivity index (χ4n) is 3.36. The lowest BCUT2D eigenvalue weighted by molar-refractivity contribution is -0.192. The van der Waals surface area contributed by atoms with Gasteiger partial charge in [0.25, 0.3) is 5.91 Å². The number of alkyl halides is 3. The molecule has 7 nitrogen and oxygen atoms in total. The Morgan fingerprint density at radius 2 is 1.89 bits per heavy atom.